The number of halogens is 6. The summed E-state index contributed by atoms with van der Waals surface area (Å²) in [5, 5.41) is 5.73. The second kappa shape index (κ2) is 10.3. The fourth-order valence-corrected chi connectivity index (χ4v) is 4.31. The van der Waals surface area contributed by atoms with E-state index in [0.717, 1.165) is 51.6 Å². The first-order valence-electron chi connectivity index (χ1n) is 11.0. The molecule has 1 saturated carbocycles. The van der Waals surface area contributed by atoms with E-state index in [-0.39, 0.29) is 37.0 Å². The normalized spacial score (nSPS) is 21.8. The van der Waals surface area contributed by atoms with Crippen molar-refractivity contribution in [2.24, 2.45) is 5.92 Å². The Morgan fingerprint density at radius 3 is 1.94 bits per heavy atom. The SMILES string of the molecule is O=C(NCC1CCC(NCC(=O)N2CCCC2)CC1)c1cc(C(F)(F)F)cc(C(F)(F)F)c1. The van der Waals surface area contributed by atoms with Crippen LogP contribution in [0.4, 0.5) is 26.3 Å². The Hall–Kier alpha value is -2.30. The van der Waals surface area contributed by atoms with Gasteiger partial charge in [0.05, 0.1) is 17.7 Å². The van der Waals surface area contributed by atoms with Crippen molar-refractivity contribution in [3.63, 3.8) is 0 Å². The van der Waals surface area contributed by atoms with E-state index in [2.05, 4.69) is 10.6 Å². The monoisotopic (exact) mass is 479 g/mol. The van der Waals surface area contributed by atoms with E-state index in [0.29, 0.717) is 12.1 Å². The number of benzene rings is 1. The number of nitrogens with zero attached hydrogens (tertiary/aromatic N) is 1. The van der Waals surface area contributed by atoms with Crippen LogP contribution in [-0.2, 0) is 17.1 Å². The molecular weight excluding hydrogens is 452 g/mol. The van der Waals surface area contributed by atoms with Gasteiger partial charge in [-0.25, -0.2) is 0 Å². The Kier molecular flexibility index (Phi) is 7.92. The molecule has 0 atom stereocenters. The topological polar surface area (TPSA) is 61.4 Å². The number of likely N-dealkylation sites (tertiary alicyclic amines) is 1. The predicted molar refractivity (Wildman–Crippen MR) is 108 cm³/mol. The Bertz CT molecular complexity index is 809. The number of hydrogen-bond acceptors (Lipinski definition) is 3. The lowest BCUT2D eigenvalue weighted by atomic mass is 9.86. The maximum absolute atomic E-state index is 13.0. The number of amides is 2. The Balaban J connectivity index is 1.49. The summed E-state index contributed by atoms with van der Waals surface area (Å²) in [6.07, 6.45) is -4.94. The summed E-state index contributed by atoms with van der Waals surface area (Å²) in [7, 11) is 0. The molecule has 0 aromatic heterocycles. The summed E-state index contributed by atoms with van der Waals surface area (Å²) >= 11 is 0. The lowest BCUT2D eigenvalue weighted by molar-refractivity contribution is -0.143. The second-order valence-electron chi connectivity index (χ2n) is 8.69. The smallest absolute Gasteiger partial charge is 0.352 e. The molecule has 0 bridgehead atoms. The molecule has 184 valence electrons. The van der Waals surface area contributed by atoms with Gasteiger partial charge in [0.2, 0.25) is 5.91 Å². The Labute approximate surface area is 187 Å². The highest BCUT2D eigenvalue weighted by atomic mass is 19.4. The summed E-state index contributed by atoms with van der Waals surface area (Å²) in [5.41, 5.74) is -3.71. The van der Waals surface area contributed by atoms with Crippen LogP contribution in [0.3, 0.4) is 0 Å². The third-order valence-corrected chi connectivity index (χ3v) is 6.25. The number of nitrogens with one attached hydrogen (secondary N) is 2. The van der Waals surface area contributed by atoms with E-state index >= 15 is 0 Å². The van der Waals surface area contributed by atoms with Gasteiger partial charge in [-0.05, 0) is 62.6 Å². The molecule has 1 heterocycles. The standard InChI is InChI=1S/C22H27F6N3O2/c23-21(24,25)16-9-15(10-17(11-16)22(26,27)28)20(33)30-12-14-3-5-18(6-4-14)29-13-19(32)31-7-1-2-8-31/h9-11,14,18,29H,1-8,12-13H2,(H,30,33). The van der Waals surface area contributed by atoms with Gasteiger partial charge in [0.15, 0.2) is 0 Å². The van der Waals surface area contributed by atoms with E-state index in [1.54, 1.807) is 0 Å². The van der Waals surface area contributed by atoms with Gasteiger partial charge in [0, 0.05) is 31.2 Å². The largest absolute Gasteiger partial charge is 0.416 e. The van der Waals surface area contributed by atoms with Crippen molar-refractivity contribution in [3.05, 3.63) is 34.9 Å². The molecule has 0 radical (unpaired) electrons. The quantitative estimate of drug-likeness (QED) is 0.601. The van der Waals surface area contributed by atoms with Crippen LogP contribution >= 0.6 is 0 Å². The van der Waals surface area contributed by atoms with Crippen molar-refractivity contribution in [1.82, 2.24) is 15.5 Å². The molecule has 1 aromatic rings. The average Bonchev–Trinajstić information content (AvgIpc) is 3.30. The van der Waals surface area contributed by atoms with Crippen LogP contribution in [0.2, 0.25) is 0 Å². The van der Waals surface area contributed by atoms with Crippen LogP contribution in [0, 0.1) is 5.92 Å². The van der Waals surface area contributed by atoms with Crippen molar-refractivity contribution >= 4 is 11.8 Å². The number of carbonyl (C=O) groups is 2. The molecule has 1 aliphatic heterocycles. The molecule has 2 N–H and O–H groups in total. The number of carbonyl (C=O) groups excluding carboxylic acids is 2. The molecule has 33 heavy (non-hydrogen) atoms. The summed E-state index contributed by atoms with van der Waals surface area (Å²) < 4.78 is 77.9. The van der Waals surface area contributed by atoms with Crippen molar-refractivity contribution in [3.8, 4) is 0 Å². The van der Waals surface area contributed by atoms with Crippen molar-refractivity contribution in [2.45, 2.75) is 56.9 Å². The summed E-state index contributed by atoms with van der Waals surface area (Å²) in [5.74, 6) is -0.821. The fourth-order valence-electron chi connectivity index (χ4n) is 4.31. The summed E-state index contributed by atoms with van der Waals surface area (Å²) in [4.78, 5) is 26.3. The van der Waals surface area contributed by atoms with Crippen molar-refractivity contribution in [2.75, 3.05) is 26.2 Å². The molecule has 2 aliphatic rings. The van der Waals surface area contributed by atoms with Gasteiger partial charge in [0.25, 0.3) is 5.91 Å². The van der Waals surface area contributed by atoms with Gasteiger partial charge in [-0.3, -0.25) is 9.59 Å². The molecule has 3 rings (SSSR count). The molecule has 0 unspecified atom stereocenters. The molecule has 2 amide bonds. The van der Waals surface area contributed by atoms with E-state index in [9.17, 15) is 35.9 Å². The first-order valence-corrected chi connectivity index (χ1v) is 11.0. The van der Waals surface area contributed by atoms with E-state index in [4.69, 9.17) is 0 Å². The lowest BCUT2D eigenvalue weighted by Gasteiger charge is -2.29. The van der Waals surface area contributed by atoms with Gasteiger partial charge < -0.3 is 15.5 Å². The molecule has 1 aromatic carbocycles. The van der Waals surface area contributed by atoms with Gasteiger partial charge in [-0.15, -0.1) is 0 Å². The lowest BCUT2D eigenvalue weighted by Crippen LogP contribution is -2.42. The highest BCUT2D eigenvalue weighted by Gasteiger charge is 2.37. The minimum atomic E-state index is -5.00. The zero-order chi connectivity index (χ0) is 24.2. The number of rotatable bonds is 6. The molecule has 1 aliphatic carbocycles. The fraction of sp³-hybridized carbons (Fsp3) is 0.636. The highest BCUT2D eigenvalue weighted by Crippen LogP contribution is 2.36. The minimum Gasteiger partial charge on any atom is -0.352 e. The van der Waals surface area contributed by atoms with Crippen LogP contribution in [0.15, 0.2) is 18.2 Å². The molecule has 5 nitrogen and oxygen atoms in total. The van der Waals surface area contributed by atoms with Crippen molar-refractivity contribution < 1.29 is 35.9 Å². The first-order chi connectivity index (χ1) is 15.4. The maximum atomic E-state index is 13.0. The van der Waals surface area contributed by atoms with Gasteiger partial charge in [-0.1, -0.05) is 0 Å². The van der Waals surface area contributed by atoms with Crippen LogP contribution in [0.25, 0.3) is 0 Å². The van der Waals surface area contributed by atoms with E-state index in [1.165, 1.54) is 0 Å². The number of alkyl halides is 6. The molecular formula is C22H27F6N3O2. The average molecular weight is 479 g/mol. The zero-order valence-corrected chi connectivity index (χ0v) is 18.0. The Morgan fingerprint density at radius 1 is 0.879 bits per heavy atom. The Morgan fingerprint density at radius 2 is 1.42 bits per heavy atom. The first kappa shape index (κ1) is 25.3. The van der Waals surface area contributed by atoms with Crippen LogP contribution < -0.4 is 10.6 Å². The second-order valence-corrected chi connectivity index (χ2v) is 8.69. The van der Waals surface area contributed by atoms with Crippen LogP contribution in [-0.4, -0.2) is 48.9 Å². The third-order valence-electron chi connectivity index (χ3n) is 6.25. The predicted octanol–water partition coefficient (Wildman–Crippen LogP) is 4.22. The third kappa shape index (κ3) is 7.09. The molecule has 0 spiro atoms. The van der Waals surface area contributed by atoms with Crippen molar-refractivity contribution in [1.29, 1.82) is 0 Å². The molecule has 2 fully saturated rings. The van der Waals surface area contributed by atoms with Gasteiger partial charge >= 0.3 is 12.4 Å². The van der Waals surface area contributed by atoms with Gasteiger partial charge in [-0.2, -0.15) is 26.3 Å². The summed E-state index contributed by atoms with van der Waals surface area (Å²) in [6.45, 7) is 2.03. The van der Waals surface area contributed by atoms with E-state index in [1.807, 2.05) is 4.90 Å². The zero-order valence-electron chi connectivity index (χ0n) is 18.0. The van der Waals surface area contributed by atoms with Gasteiger partial charge in [0.1, 0.15) is 0 Å². The molecule has 11 heteroatoms. The van der Waals surface area contributed by atoms with Crippen LogP contribution in [0.5, 0.6) is 0 Å². The van der Waals surface area contributed by atoms with Crippen LogP contribution in [0.1, 0.15) is 60.0 Å². The minimum absolute atomic E-state index is 0.000470. The highest BCUT2D eigenvalue weighted by molar-refractivity contribution is 5.94. The number of hydrogen-bond donors (Lipinski definition) is 2. The van der Waals surface area contributed by atoms with E-state index < -0.39 is 35.0 Å². The summed E-state index contributed by atoms with van der Waals surface area (Å²) in [6, 6.07) is 1.03. The molecule has 1 saturated heterocycles. The maximum Gasteiger partial charge on any atom is 0.416 e.